The Kier molecular flexibility index (Phi) is 5.28. The van der Waals surface area contributed by atoms with E-state index in [1.54, 1.807) is 12.0 Å². The van der Waals surface area contributed by atoms with E-state index in [0.29, 0.717) is 21.5 Å². The number of carbonyl (C=O) groups excluding carboxylic acids is 1. The lowest BCUT2D eigenvalue weighted by atomic mass is 10.2. The Balaban J connectivity index is 2.46. The predicted octanol–water partition coefficient (Wildman–Crippen LogP) is 4.44. The van der Waals surface area contributed by atoms with Crippen molar-refractivity contribution in [3.63, 3.8) is 0 Å². The van der Waals surface area contributed by atoms with E-state index in [4.69, 9.17) is 17.0 Å². The summed E-state index contributed by atoms with van der Waals surface area (Å²) in [7, 11) is 1.60. The molecule has 0 spiro atoms. The second kappa shape index (κ2) is 6.60. The first-order valence-electron chi connectivity index (χ1n) is 5.76. The summed E-state index contributed by atoms with van der Waals surface area (Å²) in [6.45, 7) is 2.49. The second-order valence-electron chi connectivity index (χ2n) is 3.94. The molecular weight excluding hydrogens is 426 g/mol. The molecule has 1 heterocycles. The number of amides is 1. The van der Waals surface area contributed by atoms with Crippen LogP contribution in [0.4, 0.5) is 0 Å². The monoisotopic (exact) mass is 435 g/mol. The molecule has 0 atom stereocenters. The SMILES string of the molecule is CCN1C(=O)/C(=C\c2cc(Br)cc(Br)c2OC)SC1=S. The van der Waals surface area contributed by atoms with Crippen molar-refractivity contribution >= 4 is 72.1 Å². The Morgan fingerprint density at radius 2 is 2.15 bits per heavy atom. The third kappa shape index (κ3) is 3.10. The average Bonchev–Trinajstić information content (AvgIpc) is 2.63. The van der Waals surface area contributed by atoms with Crippen molar-refractivity contribution in [1.82, 2.24) is 4.90 Å². The molecule has 3 nitrogen and oxygen atoms in total. The zero-order valence-corrected chi connectivity index (χ0v) is 15.6. The summed E-state index contributed by atoms with van der Waals surface area (Å²) in [4.78, 5) is 14.4. The zero-order chi connectivity index (χ0) is 14.9. The molecule has 20 heavy (non-hydrogen) atoms. The third-order valence-electron chi connectivity index (χ3n) is 2.72. The topological polar surface area (TPSA) is 29.5 Å². The van der Waals surface area contributed by atoms with Gasteiger partial charge in [0.1, 0.15) is 10.1 Å². The largest absolute Gasteiger partial charge is 0.495 e. The molecule has 1 aromatic rings. The van der Waals surface area contributed by atoms with Gasteiger partial charge in [-0.2, -0.15) is 0 Å². The molecule has 2 rings (SSSR count). The fraction of sp³-hybridized carbons (Fsp3) is 0.231. The van der Waals surface area contributed by atoms with Crippen LogP contribution < -0.4 is 4.74 Å². The van der Waals surface area contributed by atoms with E-state index in [9.17, 15) is 4.79 Å². The first-order chi connectivity index (χ1) is 9.47. The molecule has 0 aromatic heterocycles. The van der Waals surface area contributed by atoms with Gasteiger partial charge in [0.05, 0.1) is 16.5 Å². The Labute approximate surface area is 144 Å². The standard InChI is InChI=1S/C13H11Br2NO2S2/c1-3-16-12(17)10(20-13(16)19)5-7-4-8(14)6-9(15)11(7)18-2/h4-6H,3H2,1-2H3/b10-5+. The lowest BCUT2D eigenvalue weighted by Gasteiger charge is -2.10. The summed E-state index contributed by atoms with van der Waals surface area (Å²) in [5, 5.41) is 0. The lowest BCUT2D eigenvalue weighted by Crippen LogP contribution is -2.27. The minimum Gasteiger partial charge on any atom is -0.495 e. The van der Waals surface area contributed by atoms with Gasteiger partial charge in [-0.15, -0.1) is 0 Å². The smallest absolute Gasteiger partial charge is 0.266 e. The Hall–Kier alpha value is -0.370. The fourth-order valence-electron chi connectivity index (χ4n) is 1.82. The molecule has 0 radical (unpaired) electrons. The molecule has 1 aliphatic heterocycles. The van der Waals surface area contributed by atoms with Crippen LogP contribution in [0.5, 0.6) is 5.75 Å². The second-order valence-corrected chi connectivity index (χ2v) is 7.38. The summed E-state index contributed by atoms with van der Waals surface area (Å²) in [6.07, 6.45) is 1.81. The van der Waals surface area contributed by atoms with Crippen LogP contribution in [0.25, 0.3) is 6.08 Å². The van der Waals surface area contributed by atoms with Crippen LogP contribution in [0.1, 0.15) is 12.5 Å². The predicted molar refractivity (Wildman–Crippen MR) is 93.9 cm³/mol. The molecule has 1 saturated heterocycles. The van der Waals surface area contributed by atoms with Crippen molar-refractivity contribution in [3.05, 3.63) is 31.5 Å². The summed E-state index contributed by atoms with van der Waals surface area (Å²) in [5.41, 5.74) is 0.824. The van der Waals surface area contributed by atoms with Crippen LogP contribution in [0.15, 0.2) is 26.0 Å². The number of hydrogen-bond acceptors (Lipinski definition) is 4. The van der Waals surface area contributed by atoms with E-state index >= 15 is 0 Å². The number of nitrogens with zero attached hydrogens (tertiary/aromatic N) is 1. The van der Waals surface area contributed by atoms with Gasteiger partial charge in [-0.3, -0.25) is 9.69 Å². The highest BCUT2D eigenvalue weighted by Gasteiger charge is 2.30. The highest BCUT2D eigenvalue weighted by molar-refractivity contribution is 9.11. The molecule has 0 saturated carbocycles. The van der Waals surface area contributed by atoms with Crippen molar-refractivity contribution in [2.45, 2.75) is 6.92 Å². The van der Waals surface area contributed by atoms with E-state index in [1.165, 1.54) is 11.8 Å². The fourth-order valence-corrected chi connectivity index (χ4v) is 4.61. The van der Waals surface area contributed by atoms with E-state index in [2.05, 4.69) is 31.9 Å². The van der Waals surface area contributed by atoms with Crippen LogP contribution in [0, 0.1) is 0 Å². The number of likely N-dealkylation sites (N-methyl/N-ethyl adjacent to an activating group) is 1. The number of hydrogen-bond donors (Lipinski definition) is 0. The van der Waals surface area contributed by atoms with Gasteiger partial charge in [-0.05, 0) is 41.1 Å². The molecule has 0 unspecified atom stereocenters. The quantitative estimate of drug-likeness (QED) is 0.517. The number of rotatable bonds is 3. The number of benzene rings is 1. The number of carbonyl (C=O) groups is 1. The van der Waals surface area contributed by atoms with Gasteiger partial charge in [-0.25, -0.2) is 0 Å². The maximum absolute atomic E-state index is 12.2. The molecule has 1 fully saturated rings. The van der Waals surface area contributed by atoms with Crippen LogP contribution in [-0.2, 0) is 4.79 Å². The minimum atomic E-state index is -0.0550. The molecule has 1 aromatic carbocycles. The van der Waals surface area contributed by atoms with E-state index in [1.807, 2.05) is 25.1 Å². The molecule has 7 heteroatoms. The molecular formula is C13H11Br2NO2S2. The highest BCUT2D eigenvalue weighted by atomic mass is 79.9. The van der Waals surface area contributed by atoms with Gasteiger partial charge in [0.2, 0.25) is 0 Å². The maximum atomic E-state index is 12.2. The van der Waals surface area contributed by atoms with Crippen molar-refractivity contribution in [2.75, 3.05) is 13.7 Å². The van der Waals surface area contributed by atoms with Gasteiger partial charge in [0.25, 0.3) is 5.91 Å². The van der Waals surface area contributed by atoms with E-state index in [-0.39, 0.29) is 5.91 Å². The lowest BCUT2D eigenvalue weighted by molar-refractivity contribution is -0.121. The number of methoxy groups -OCH3 is 1. The number of ether oxygens (including phenoxy) is 1. The Bertz CT molecular complexity index is 617. The van der Waals surface area contributed by atoms with Crippen LogP contribution in [0.3, 0.4) is 0 Å². The van der Waals surface area contributed by atoms with Crippen molar-refractivity contribution in [3.8, 4) is 5.75 Å². The molecule has 0 bridgehead atoms. The highest BCUT2D eigenvalue weighted by Crippen LogP contribution is 2.38. The molecule has 0 aliphatic carbocycles. The van der Waals surface area contributed by atoms with E-state index < -0.39 is 0 Å². The third-order valence-corrected chi connectivity index (χ3v) is 5.14. The summed E-state index contributed by atoms with van der Waals surface area (Å²) < 4.78 is 7.70. The van der Waals surface area contributed by atoms with Crippen molar-refractivity contribution in [2.24, 2.45) is 0 Å². The van der Waals surface area contributed by atoms with Crippen LogP contribution in [-0.4, -0.2) is 28.8 Å². The summed E-state index contributed by atoms with van der Waals surface area (Å²) >= 11 is 13.4. The normalized spacial score (nSPS) is 17.2. The van der Waals surface area contributed by atoms with Gasteiger partial charge in [-0.1, -0.05) is 39.9 Å². The maximum Gasteiger partial charge on any atom is 0.266 e. The van der Waals surface area contributed by atoms with E-state index in [0.717, 1.165) is 14.5 Å². The number of halogens is 2. The van der Waals surface area contributed by atoms with Crippen molar-refractivity contribution in [1.29, 1.82) is 0 Å². The Morgan fingerprint density at radius 1 is 1.45 bits per heavy atom. The number of thioether (sulfide) groups is 1. The van der Waals surface area contributed by atoms with Gasteiger partial charge >= 0.3 is 0 Å². The van der Waals surface area contributed by atoms with Gasteiger partial charge in [0, 0.05) is 16.6 Å². The summed E-state index contributed by atoms with van der Waals surface area (Å²) in [5.74, 6) is 0.635. The van der Waals surface area contributed by atoms with Crippen LogP contribution in [0.2, 0.25) is 0 Å². The zero-order valence-electron chi connectivity index (χ0n) is 10.8. The molecule has 1 aliphatic rings. The van der Waals surface area contributed by atoms with Gasteiger partial charge in [0.15, 0.2) is 0 Å². The Morgan fingerprint density at radius 3 is 2.70 bits per heavy atom. The first-order valence-corrected chi connectivity index (χ1v) is 8.57. The van der Waals surface area contributed by atoms with Crippen molar-refractivity contribution < 1.29 is 9.53 Å². The van der Waals surface area contributed by atoms with Crippen LogP contribution >= 0.6 is 55.8 Å². The summed E-state index contributed by atoms with van der Waals surface area (Å²) in [6, 6.07) is 3.80. The molecule has 0 N–H and O–H groups in total. The number of thiocarbonyl (C=S) groups is 1. The molecule has 106 valence electrons. The first kappa shape index (κ1) is 16.0. The average molecular weight is 437 g/mol. The molecule has 1 amide bonds. The van der Waals surface area contributed by atoms with Gasteiger partial charge < -0.3 is 4.74 Å². The minimum absolute atomic E-state index is 0.0550.